The molecule has 2 atom stereocenters. The first-order chi connectivity index (χ1) is 19.1. The summed E-state index contributed by atoms with van der Waals surface area (Å²) < 4.78 is 65.1. The van der Waals surface area contributed by atoms with Crippen molar-refractivity contribution in [2.24, 2.45) is 0 Å². The summed E-state index contributed by atoms with van der Waals surface area (Å²) in [5.41, 5.74) is 1.09. The van der Waals surface area contributed by atoms with E-state index >= 15 is 0 Å². The maximum absolute atomic E-state index is 13.4. The lowest BCUT2D eigenvalue weighted by Gasteiger charge is -2.02. The molecule has 0 radical (unpaired) electrons. The Bertz CT molecular complexity index is 1760. The third-order valence-electron chi connectivity index (χ3n) is 5.96. The van der Waals surface area contributed by atoms with Crippen LogP contribution in [-0.2, 0) is 21.6 Å². The van der Waals surface area contributed by atoms with Gasteiger partial charge in [-0.3, -0.25) is 0 Å². The fourth-order valence-corrected chi connectivity index (χ4v) is 7.24. The van der Waals surface area contributed by atoms with Gasteiger partial charge in [0, 0.05) is 29.5 Å². The zero-order valence-electron chi connectivity index (χ0n) is 21.0. The molecule has 0 amide bonds. The van der Waals surface area contributed by atoms with Crippen molar-refractivity contribution in [3.05, 3.63) is 117 Å². The van der Waals surface area contributed by atoms with Crippen LogP contribution >= 0.6 is 31.9 Å². The van der Waals surface area contributed by atoms with Gasteiger partial charge in [-0.25, -0.2) is 17.2 Å². The van der Waals surface area contributed by atoms with E-state index in [4.69, 9.17) is 8.83 Å². The molecule has 0 N–H and O–H groups in total. The van der Waals surface area contributed by atoms with Gasteiger partial charge < -0.3 is 8.83 Å². The third-order valence-corrected chi connectivity index (χ3v) is 10.2. The van der Waals surface area contributed by atoms with E-state index in [2.05, 4.69) is 31.9 Å². The largest absolute Gasteiger partial charge is 0.460 e. The fraction of sp³-hybridized carbons (Fsp3) is 0.0667. The van der Waals surface area contributed by atoms with Gasteiger partial charge in [0.15, 0.2) is 0 Å². The van der Waals surface area contributed by atoms with Crippen molar-refractivity contribution >= 4 is 75.4 Å². The van der Waals surface area contributed by atoms with Crippen molar-refractivity contribution in [1.29, 1.82) is 0 Å². The molecule has 0 fully saturated rings. The average molecular weight is 706 g/mol. The number of furan rings is 2. The monoisotopic (exact) mass is 704 g/mol. The average Bonchev–Trinajstić information content (AvgIpc) is 3.43. The molecule has 0 unspecified atom stereocenters. The van der Waals surface area contributed by atoms with Crippen LogP contribution in [0.25, 0.3) is 21.9 Å². The second kappa shape index (κ2) is 11.9. The summed E-state index contributed by atoms with van der Waals surface area (Å²) >= 11 is 6.68. The predicted molar refractivity (Wildman–Crippen MR) is 159 cm³/mol. The molecule has 0 saturated carbocycles. The highest BCUT2D eigenvalue weighted by Gasteiger charge is 2.20. The van der Waals surface area contributed by atoms with Gasteiger partial charge in [0.25, 0.3) is 0 Å². The van der Waals surface area contributed by atoms with Crippen LogP contribution in [0.4, 0.5) is 8.78 Å². The van der Waals surface area contributed by atoms with Crippen LogP contribution in [0.3, 0.4) is 0 Å². The molecule has 6 aromatic rings. The summed E-state index contributed by atoms with van der Waals surface area (Å²) in [5.74, 6) is 0.360. The first-order valence-electron chi connectivity index (χ1n) is 11.8. The number of halogens is 4. The van der Waals surface area contributed by atoms with Crippen molar-refractivity contribution in [1.82, 2.24) is 0 Å². The van der Waals surface area contributed by atoms with Crippen LogP contribution in [0.15, 0.2) is 122 Å². The number of hydrogen-bond donors (Lipinski definition) is 0. The minimum absolute atomic E-state index is 0.368. The maximum atomic E-state index is 13.4. The summed E-state index contributed by atoms with van der Waals surface area (Å²) in [6, 6.07) is 22.9. The van der Waals surface area contributed by atoms with Crippen LogP contribution in [0.1, 0.15) is 11.5 Å². The zero-order chi connectivity index (χ0) is 28.6. The smallest absolute Gasteiger partial charge is 0.135 e. The van der Waals surface area contributed by atoms with E-state index in [0.717, 1.165) is 8.95 Å². The Labute approximate surface area is 250 Å². The minimum Gasteiger partial charge on any atom is -0.460 e. The van der Waals surface area contributed by atoms with Crippen molar-refractivity contribution in [3.8, 4) is 0 Å². The van der Waals surface area contributed by atoms with Crippen LogP contribution in [0.2, 0.25) is 0 Å². The molecule has 204 valence electrons. The Morgan fingerprint density at radius 2 is 0.925 bits per heavy atom. The van der Waals surface area contributed by atoms with Gasteiger partial charge in [-0.1, -0.05) is 31.9 Å². The van der Waals surface area contributed by atoms with Gasteiger partial charge >= 0.3 is 0 Å². The molecule has 0 spiro atoms. The van der Waals surface area contributed by atoms with Crippen LogP contribution in [0, 0.1) is 25.5 Å². The zero-order valence-corrected chi connectivity index (χ0v) is 25.8. The normalized spacial score (nSPS) is 12.8. The fourth-order valence-electron chi connectivity index (χ4n) is 4.15. The molecule has 10 heteroatoms. The Balaban J connectivity index is 0.000000161. The topological polar surface area (TPSA) is 60.4 Å². The molecule has 4 nitrogen and oxygen atoms in total. The van der Waals surface area contributed by atoms with Gasteiger partial charge in [-0.15, -0.1) is 0 Å². The number of hydrogen-bond acceptors (Lipinski definition) is 4. The second-order valence-electron chi connectivity index (χ2n) is 8.70. The Morgan fingerprint density at radius 1 is 0.575 bits per heavy atom. The molecule has 0 aliphatic rings. The van der Waals surface area contributed by atoms with E-state index in [-0.39, 0.29) is 11.6 Å². The summed E-state index contributed by atoms with van der Waals surface area (Å²) in [6.07, 6.45) is 0. The number of fused-ring (bicyclic) bond motifs is 2. The highest BCUT2D eigenvalue weighted by atomic mass is 79.9. The van der Waals surface area contributed by atoms with Gasteiger partial charge in [0.05, 0.1) is 31.4 Å². The third kappa shape index (κ3) is 5.90. The van der Waals surface area contributed by atoms with Crippen molar-refractivity contribution in [2.75, 3.05) is 0 Å². The lowest BCUT2D eigenvalue weighted by atomic mass is 10.2. The molecule has 0 aliphatic heterocycles. The van der Waals surface area contributed by atoms with E-state index in [1.165, 1.54) is 24.3 Å². The molecular weight excluding hydrogens is 686 g/mol. The maximum Gasteiger partial charge on any atom is 0.135 e. The van der Waals surface area contributed by atoms with Gasteiger partial charge in [0.2, 0.25) is 0 Å². The van der Waals surface area contributed by atoms with Crippen LogP contribution < -0.4 is 0 Å². The lowest BCUT2D eigenvalue weighted by Crippen LogP contribution is -1.93. The molecule has 40 heavy (non-hydrogen) atoms. The van der Waals surface area contributed by atoms with Crippen LogP contribution in [-0.4, -0.2) is 8.42 Å². The molecule has 0 aliphatic carbocycles. The molecule has 4 aromatic carbocycles. The SMILES string of the molecule is Cc1oc2ccc(F)cc2c1[S@@](=O)c1ccc(Br)cc1.Cc1oc2ccc(F)cc2c1[S@@](=O)c1ccc(Br)cc1. The molecule has 6 rings (SSSR count). The van der Waals surface area contributed by atoms with Crippen LogP contribution in [0.5, 0.6) is 0 Å². The molecular formula is C30H20Br2F2O4S2. The first kappa shape index (κ1) is 28.6. The van der Waals surface area contributed by atoms with Crippen molar-refractivity contribution in [2.45, 2.75) is 33.4 Å². The summed E-state index contributed by atoms with van der Waals surface area (Å²) in [4.78, 5) is 2.37. The Kier molecular flexibility index (Phi) is 8.51. The molecule has 2 heterocycles. The molecule has 0 saturated heterocycles. The summed E-state index contributed by atoms with van der Waals surface area (Å²) in [6.45, 7) is 3.48. The van der Waals surface area contributed by atoms with E-state index < -0.39 is 21.6 Å². The number of aryl methyl sites for hydroxylation is 2. The first-order valence-corrected chi connectivity index (χ1v) is 15.7. The Morgan fingerprint density at radius 3 is 1.27 bits per heavy atom. The highest BCUT2D eigenvalue weighted by Crippen LogP contribution is 2.33. The standard InChI is InChI=1S/2C15H10BrFO2S/c2*1-9-15(13-8-11(17)4-7-14(13)19-9)20(18)12-5-2-10(16)3-6-12/h2*2-8H,1H3/t2*20-/m00/s1. The second-order valence-corrected chi connectivity index (χ2v) is 13.4. The number of rotatable bonds is 4. The van der Waals surface area contributed by atoms with E-state index in [0.29, 0.717) is 53.0 Å². The van der Waals surface area contributed by atoms with Crippen molar-refractivity contribution in [3.63, 3.8) is 0 Å². The van der Waals surface area contributed by atoms with Gasteiger partial charge in [-0.2, -0.15) is 0 Å². The molecule has 2 aromatic heterocycles. The van der Waals surface area contributed by atoms with Gasteiger partial charge in [-0.05, 0) is 98.8 Å². The summed E-state index contributed by atoms with van der Waals surface area (Å²) in [7, 11) is -2.80. The minimum atomic E-state index is -1.40. The summed E-state index contributed by atoms with van der Waals surface area (Å²) in [5, 5.41) is 1.12. The quantitative estimate of drug-likeness (QED) is 0.183. The van der Waals surface area contributed by atoms with Gasteiger partial charge in [0.1, 0.15) is 34.3 Å². The lowest BCUT2D eigenvalue weighted by molar-refractivity contribution is 0.565. The van der Waals surface area contributed by atoms with E-state index in [1.807, 2.05) is 24.3 Å². The molecule has 0 bridgehead atoms. The van der Waals surface area contributed by atoms with Crippen molar-refractivity contribution < 1.29 is 26.0 Å². The predicted octanol–water partition coefficient (Wildman–Crippen LogP) is 9.62. The number of benzene rings is 4. The van der Waals surface area contributed by atoms with E-state index in [1.54, 1.807) is 50.2 Å². The van der Waals surface area contributed by atoms with E-state index in [9.17, 15) is 17.2 Å². The highest BCUT2D eigenvalue weighted by molar-refractivity contribution is 9.10. The Hall–Kier alpha value is -2.92.